The number of anilines is 1. The third kappa shape index (κ3) is 3.87. The molecule has 0 spiro atoms. The molecule has 8 heteroatoms. The molecular formula is C25H24Cl2N4O2. The van der Waals surface area contributed by atoms with Gasteiger partial charge < -0.3 is 15.0 Å². The molecule has 2 aromatic carbocycles. The second-order valence-electron chi connectivity index (χ2n) is 8.33. The van der Waals surface area contributed by atoms with E-state index in [0.29, 0.717) is 22.2 Å². The van der Waals surface area contributed by atoms with Gasteiger partial charge >= 0.3 is 0 Å². The molecule has 5 rings (SSSR count). The third-order valence-electron chi connectivity index (χ3n) is 6.39. The van der Waals surface area contributed by atoms with Crippen molar-refractivity contribution in [3.05, 3.63) is 87.2 Å². The molecule has 3 aromatic rings. The molecule has 2 aliphatic rings. The molecule has 0 bridgehead atoms. The number of amides is 1. The number of halogens is 2. The number of carbonyl (C=O) groups is 1. The van der Waals surface area contributed by atoms with Crippen molar-refractivity contribution in [1.29, 1.82) is 0 Å². The van der Waals surface area contributed by atoms with E-state index in [-0.39, 0.29) is 11.9 Å². The van der Waals surface area contributed by atoms with Gasteiger partial charge in [0.2, 0.25) is 0 Å². The van der Waals surface area contributed by atoms with Crippen molar-refractivity contribution in [3.8, 4) is 5.75 Å². The van der Waals surface area contributed by atoms with Crippen molar-refractivity contribution in [3.63, 3.8) is 0 Å². The van der Waals surface area contributed by atoms with E-state index < -0.39 is 6.04 Å². The maximum Gasteiger partial charge on any atom is 0.254 e. The summed E-state index contributed by atoms with van der Waals surface area (Å²) in [6.07, 6.45) is 3.57. The highest BCUT2D eigenvalue weighted by Gasteiger charge is 2.39. The molecule has 2 unspecified atom stereocenters. The fraction of sp³-hybridized carbons (Fsp3) is 0.280. The highest BCUT2D eigenvalue weighted by atomic mass is 35.5. The van der Waals surface area contributed by atoms with Gasteiger partial charge in [-0.1, -0.05) is 41.4 Å². The van der Waals surface area contributed by atoms with Gasteiger partial charge in [-0.3, -0.25) is 4.79 Å². The SMILES string of the molecule is COc1cccc(C2CCCN2C(=O)C2=C(C)Nc3ccnn3C2c2ccc(Cl)c(Cl)c2)c1. The summed E-state index contributed by atoms with van der Waals surface area (Å²) in [6, 6.07) is 14.9. The summed E-state index contributed by atoms with van der Waals surface area (Å²) in [5.74, 6) is 1.60. The van der Waals surface area contributed by atoms with Gasteiger partial charge in [0.15, 0.2) is 0 Å². The molecule has 170 valence electrons. The summed E-state index contributed by atoms with van der Waals surface area (Å²) in [4.78, 5) is 16.1. The Bertz CT molecular complexity index is 1250. The Morgan fingerprint density at radius 1 is 1.12 bits per heavy atom. The van der Waals surface area contributed by atoms with Crippen molar-refractivity contribution in [2.24, 2.45) is 0 Å². The Morgan fingerprint density at radius 2 is 1.97 bits per heavy atom. The summed E-state index contributed by atoms with van der Waals surface area (Å²) >= 11 is 12.5. The Balaban J connectivity index is 1.56. The number of rotatable bonds is 4. The second kappa shape index (κ2) is 8.76. The Hall–Kier alpha value is -2.96. The van der Waals surface area contributed by atoms with E-state index in [1.54, 1.807) is 19.4 Å². The van der Waals surface area contributed by atoms with E-state index >= 15 is 0 Å². The zero-order valence-corrected chi connectivity index (χ0v) is 19.9. The maximum atomic E-state index is 14.1. The maximum absolute atomic E-state index is 14.1. The predicted octanol–water partition coefficient (Wildman–Crippen LogP) is 5.85. The van der Waals surface area contributed by atoms with Crippen molar-refractivity contribution in [2.45, 2.75) is 31.8 Å². The first kappa shape index (κ1) is 21.9. The van der Waals surface area contributed by atoms with Crippen LogP contribution in [-0.2, 0) is 4.79 Å². The van der Waals surface area contributed by atoms with Crippen molar-refractivity contribution >= 4 is 34.9 Å². The van der Waals surface area contributed by atoms with Gasteiger partial charge in [-0.2, -0.15) is 5.10 Å². The molecular weight excluding hydrogens is 459 g/mol. The first-order valence-corrected chi connectivity index (χ1v) is 11.6. The molecule has 1 amide bonds. The van der Waals surface area contributed by atoms with Crippen molar-refractivity contribution in [2.75, 3.05) is 19.0 Å². The minimum absolute atomic E-state index is 0.0115. The Labute approximate surface area is 202 Å². The van der Waals surface area contributed by atoms with Gasteiger partial charge in [0.1, 0.15) is 17.6 Å². The van der Waals surface area contributed by atoms with Crippen LogP contribution in [0.25, 0.3) is 0 Å². The fourth-order valence-electron chi connectivity index (χ4n) is 4.83. The molecule has 6 nitrogen and oxygen atoms in total. The smallest absolute Gasteiger partial charge is 0.254 e. The average Bonchev–Trinajstić information content (AvgIpc) is 3.49. The van der Waals surface area contributed by atoms with Crippen LogP contribution in [0.15, 0.2) is 66.0 Å². The van der Waals surface area contributed by atoms with Gasteiger partial charge in [0.25, 0.3) is 5.91 Å². The number of carbonyl (C=O) groups excluding carboxylic acids is 1. The van der Waals surface area contributed by atoms with Gasteiger partial charge in [-0.05, 0) is 55.2 Å². The van der Waals surface area contributed by atoms with Gasteiger partial charge in [0, 0.05) is 18.3 Å². The van der Waals surface area contributed by atoms with E-state index in [2.05, 4.69) is 16.5 Å². The number of hydrogen-bond acceptors (Lipinski definition) is 4. The van der Waals surface area contributed by atoms with Crippen LogP contribution < -0.4 is 10.1 Å². The molecule has 0 saturated carbocycles. The van der Waals surface area contributed by atoms with Crippen LogP contribution >= 0.6 is 23.2 Å². The Morgan fingerprint density at radius 3 is 2.76 bits per heavy atom. The molecule has 0 radical (unpaired) electrons. The standard InChI is InChI=1S/C25H24Cl2N4O2/c1-15-23(25(32)30-12-4-7-21(30)16-5-3-6-18(13-16)33-2)24(31-22(29-15)10-11-28-31)17-8-9-19(26)20(27)14-17/h3,5-6,8-11,13-14,21,24,29H,4,7,12H2,1-2H3. The van der Waals surface area contributed by atoms with Crippen LogP contribution in [0.2, 0.25) is 10.0 Å². The molecule has 1 aromatic heterocycles. The predicted molar refractivity (Wildman–Crippen MR) is 130 cm³/mol. The minimum atomic E-state index is -0.412. The second-order valence-corrected chi connectivity index (χ2v) is 9.15. The monoisotopic (exact) mass is 482 g/mol. The van der Waals surface area contributed by atoms with Crippen LogP contribution in [0.4, 0.5) is 5.82 Å². The van der Waals surface area contributed by atoms with Crippen LogP contribution in [0.3, 0.4) is 0 Å². The number of likely N-dealkylation sites (tertiary alicyclic amines) is 1. The number of nitrogens with one attached hydrogen (secondary N) is 1. The van der Waals surface area contributed by atoms with Crippen LogP contribution in [0.1, 0.15) is 43.0 Å². The van der Waals surface area contributed by atoms with Gasteiger partial charge in [-0.25, -0.2) is 4.68 Å². The van der Waals surface area contributed by atoms with E-state index in [1.807, 2.05) is 52.9 Å². The molecule has 2 aliphatic heterocycles. The molecule has 33 heavy (non-hydrogen) atoms. The molecule has 1 fully saturated rings. The number of fused-ring (bicyclic) bond motifs is 1. The zero-order chi connectivity index (χ0) is 23.1. The normalized spacial score (nSPS) is 19.9. The summed E-state index contributed by atoms with van der Waals surface area (Å²) in [5.41, 5.74) is 3.39. The van der Waals surface area contributed by atoms with E-state index in [1.165, 1.54) is 0 Å². The summed E-state index contributed by atoms with van der Waals surface area (Å²) in [7, 11) is 1.65. The first-order chi connectivity index (χ1) is 16.0. The topological polar surface area (TPSA) is 59.4 Å². The van der Waals surface area contributed by atoms with Crippen LogP contribution in [-0.4, -0.2) is 34.2 Å². The minimum Gasteiger partial charge on any atom is -0.497 e. The molecule has 1 saturated heterocycles. The molecule has 0 aliphatic carbocycles. The van der Waals surface area contributed by atoms with E-state index in [0.717, 1.165) is 41.2 Å². The fourth-order valence-corrected chi connectivity index (χ4v) is 5.14. The van der Waals surface area contributed by atoms with Gasteiger partial charge in [0.05, 0.1) is 35.0 Å². The average molecular weight is 483 g/mol. The Kier molecular flexibility index (Phi) is 5.81. The third-order valence-corrected chi connectivity index (χ3v) is 7.13. The lowest BCUT2D eigenvalue weighted by atomic mass is 9.93. The molecule has 3 heterocycles. The number of benzene rings is 2. The molecule has 2 atom stereocenters. The summed E-state index contributed by atoms with van der Waals surface area (Å²) in [5, 5.41) is 8.78. The number of aromatic nitrogens is 2. The van der Waals surface area contributed by atoms with Crippen molar-refractivity contribution in [1.82, 2.24) is 14.7 Å². The quantitative estimate of drug-likeness (QED) is 0.506. The number of nitrogens with zero attached hydrogens (tertiary/aromatic N) is 3. The number of hydrogen-bond donors (Lipinski definition) is 1. The lowest BCUT2D eigenvalue weighted by Crippen LogP contribution is -2.38. The highest BCUT2D eigenvalue weighted by molar-refractivity contribution is 6.42. The van der Waals surface area contributed by atoms with Gasteiger partial charge in [-0.15, -0.1) is 0 Å². The number of methoxy groups -OCH3 is 1. The summed E-state index contributed by atoms with van der Waals surface area (Å²) in [6.45, 7) is 2.63. The summed E-state index contributed by atoms with van der Waals surface area (Å²) < 4.78 is 7.24. The number of allylic oxidation sites excluding steroid dienone is 1. The zero-order valence-electron chi connectivity index (χ0n) is 18.4. The van der Waals surface area contributed by atoms with Crippen LogP contribution in [0.5, 0.6) is 5.75 Å². The lowest BCUT2D eigenvalue weighted by Gasteiger charge is -2.34. The van der Waals surface area contributed by atoms with E-state index in [9.17, 15) is 4.79 Å². The first-order valence-electron chi connectivity index (χ1n) is 10.9. The van der Waals surface area contributed by atoms with Crippen molar-refractivity contribution < 1.29 is 9.53 Å². The van der Waals surface area contributed by atoms with E-state index in [4.69, 9.17) is 27.9 Å². The van der Waals surface area contributed by atoms with Crippen LogP contribution in [0, 0.1) is 0 Å². The lowest BCUT2D eigenvalue weighted by molar-refractivity contribution is -0.128. The molecule has 1 N–H and O–H groups in total. The largest absolute Gasteiger partial charge is 0.497 e. The number of ether oxygens (including phenoxy) is 1. The highest BCUT2D eigenvalue weighted by Crippen LogP contribution is 2.41.